The minimum Gasteiger partial charge on any atom is -0.206 e. The summed E-state index contributed by atoms with van der Waals surface area (Å²) in [7, 11) is 0. The van der Waals surface area contributed by atoms with Gasteiger partial charge in [-0.3, -0.25) is 0 Å². The van der Waals surface area contributed by atoms with Crippen molar-refractivity contribution in [1.82, 2.24) is 0 Å². The summed E-state index contributed by atoms with van der Waals surface area (Å²) in [6.07, 6.45) is -5.06. The average Bonchev–Trinajstić information content (AvgIpc) is 3.23. The van der Waals surface area contributed by atoms with E-state index in [4.69, 9.17) is 0 Å². The van der Waals surface area contributed by atoms with Crippen LogP contribution in [-0.4, -0.2) is 0 Å². The lowest BCUT2D eigenvalue weighted by atomic mass is 9.76. The van der Waals surface area contributed by atoms with Crippen LogP contribution in [-0.2, 0) is 12.4 Å². The van der Waals surface area contributed by atoms with Crippen LogP contribution in [0, 0.1) is 11.6 Å². The van der Waals surface area contributed by atoms with Gasteiger partial charge < -0.3 is 0 Å². The van der Waals surface area contributed by atoms with Gasteiger partial charge in [0.25, 0.3) is 0 Å². The van der Waals surface area contributed by atoms with Gasteiger partial charge in [-0.05, 0) is 121 Å². The normalized spacial score (nSPS) is 13.2. The molecule has 7 aromatic rings. The second kappa shape index (κ2) is 15.4. The Morgan fingerprint density at radius 3 is 1.24 bits per heavy atom. The van der Waals surface area contributed by atoms with E-state index >= 15 is 0 Å². The van der Waals surface area contributed by atoms with E-state index < -0.39 is 35.1 Å². The second-order valence-electron chi connectivity index (χ2n) is 14.0. The zero-order valence-electron chi connectivity index (χ0n) is 30.6. The summed E-state index contributed by atoms with van der Waals surface area (Å²) in [5.41, 5.74) is 8.03. The molecule has 0 unspecified atom stereocenters. The summed E-state index contributed by atoms with van der Waals surface area (Å²) in [4.78, 5) is 0. The van der Waals surface area contributed by atoms with Crippen LogP contribution in [0.5, 0.6) is 0 Å². The average molecular weight is 785 g/mol. The molecule has 0 fully saturated rings. The van der Waals surface area contributed by atoms with Crippen molar-refractivity contribution in [2.75, 3.05) is 0 Å². The molecule has 0 radical (unpaired) electrons. The monoisotopic (exact) mass is 784 g/mol. The summed E-state index contributed by atoms with van der Waals surface area (Å²) < 4.78 is 110. The Kier molecular flexibility index (Phi) is 10.2. The minimum absolute atomic E-state index is 0.223. The molecule has 8 rings (SSSR count). The van der Waals surface area contributed by atoms with Crippen LogP contribution in [0.3, 0.4) is 0 Å². The molecule has 0 nitrogen and oxygen atoms in total. The lowest BCUT2D eigenvalue weighted by Crippen LogP contribution is -2.09. The third-order valence-electron chi connectivity index (χ3n) is 10.5. The topological polar surface area (TPSA) is 0 Å². The highest BCUT2D eigenvalue weighted by Gasteiger charge is 2.35. The Hall–Kier alpha value is -6.54. The summed E-state index contributed by atoms with van der Waals surface area (Å²) in [6, 6.07) is 44.9. The van der Waals surface area contributed by atoms with Gasteiger partial charge in [0, 0.05) is 0 Å². The van der Waals surface area contributed by atoms with E-state index in [1.165, 1.54) is 12.1 Å². The van der Waals surface area contributed by atoms with Gasteiger partial charge in [0.15, 0.2) is 0 Å². The highest BCUT2D eigenvalue weighted by atomic mass is 19.4. The van der Waals surface area contributed by atoms with E-state index in [1.54, 1.807) is 12.1 Å². The molecule has 0 bridgehead atoms. The first-order valence-corrected chi connectivity index (χ1v) is 18.5. The fraction of sp³-hybridized carbons (Fsp3) is 0.0800. The molecule has 0 aliphatic heterocycles. The highest BCUT2D eigenvalue weighted by molar-refractivity contribution is 6.05. The summed E-state index contributed by atoms with van der Waals surface area (Å²) in [5, 5.41) is 0. The maximum atomic E-state index is 14.2. The van der Waals surface area contributed by atoms with E-state index in [0.717, 1.165) is 79.9 Å². The molecule has 0 heterocycles. The van der Waals surface area contributed by atoms with Gasteiger partial charge in [-0.15, -0.1) is 0 Å². The smallest absolute Gasteiger partial charge is 0.206 e. The molecule has 0 saturated carbocycles. The zero-order chi connectivity index (χ0) is 40.6. The van der Waals surface area contributed by atoms with E-state index in [9.17, 15) is 35.1 Å². The van der Waals surface area contributed by atoms with Crippen LogP contribution in [0.15, 0.2) is 170 Å². The number of alkyl halides is 6. The van der Waals surface area contributed by atoms with Crippen LogP contribution >= 0.6 is 0 Å². The van der Waals surface area contributed by atoms with Gasteiger partial charge in [0.05, 0.1) is 11.1 Å². The molecule has 1 aliphatic rings. The Morgan fingerprint density at radius 2 is 0.724 bits per heavy atom. The van der Waals surface area contributed by atoms with Crippen LogP contribution in [0.4, 0.5) is 35.1 Å². The van der Waals surface area contributed by atoms with E-state index in [1.807, 2.05) is 115 Å². The minimum atomic E-state index is -4.85. The molecular weight excluding hydrogens is 753 g/mol. The van der Waals surface area contributed by atoms with Gasteiger partial charge in [0.2, 0.25) is 0 Å². The largest absolute Gasteiger partial charge is 0.419 e. The molecule has 58 heavy (non-hydrogen) atoms. The SMILES string of the molecule is Fc1ccc(C2=CC=C(c3c(-c4ccccc4)cc(-c4ccc(-c5ccc(F)c(C(F)(F)F)c5)cc4)c(-c4ccccc4)c3-c3ccccc3)CC2)cc1C(F)(F)F. The van der Waals surface area contributed by atoms with Crippen LogP contribution in [0.1, 0.15) is 35.1 Å². The first-order valence-electron chi connectivity index (χ1n) is 18.5. The lowest BCUT2D eigenvalue weighted by Gasteiger charge is -2.27. The molecule has 0 spiro atoms. The first-order chi connectivity index (χ1) is 27.9. The predicted molar refractivity (Wildman–Crippen MR) is 215 cm³/mol. The maximum Gasteiger partial charge on any atom is 0.419 e. The quantitative estimate of drug-likeness (QED) is 0.141. The number of rotatable bonds is 7. The van der Waals surface area contributed by atoms with Crippen molar-refractivity contribution in [1.29, 1.82) is 0 Å². The summed E-state index contributed by atoms with van der Waals surface area (Å²) in [6.45, 7) is 0. The van der Waals surface area contributed by atoms with Crippen molar-refractivity contribution < 1.29 is 35.1 Å². The van der Waals surface area contributed by atoms with Gasteiger partial charge in [0.1, 0.15) is 11.6 Å². The predicted octanol–water partition coefficient (Wildman–Crippen LogP) is 15.6. The Labute approximate surface area is 330 Å². The van der Waals surface area contributed by atoms with Crippen molar-refractivity contribution in [3.63, 3.8) is 0 Å². The van der Waals surface area contributed by atoms with Gasteiger partial charge in [-0.1, -0.05) is 140 Å². The van der Waals surface area contributed by atoms with E-state index in [2.05, 4.69) is 6.07 Å². The summed E-state index contributed by atoms with van der Waals surface area (Å²) >= 11 is 0. The van der Waals surface area contributed by atoms with Crippen LogP contribution < -0.4 is 0 Å². The molecule has 0 atom stereocenters. The summed E-state index contributed by atoms with van der Waals surface area (Å²) in [5.74, 6) is -2.66. The second-order valence-corrected chi connectivity index (χ2v) is 14.0. The lowest BCUT2D eigenvalue weighted by molar-refractivity contribution is -0.140. The number of benzene rings is 7. The molecule has 1 aliphatic carbocycles. The van der Waals surface area contributed by atoms with Crippen molar-refractivity contribution >= 4 is 11.1 Å². The van der Waals surface area contributed by atoms with Crippen molar-refractivity contribution in [3.05, 3.63) is 204 Å². The highest BCUT2D eigenvalue weighted by Crippen LogP contribution is 2.50. The molecule has 0 aromatic heterocycles. The third-order valence-corrected chi connectivity index (χ3v) is 10.5. The Morgan fingerprint density at radius 1 is 0.328 bits per heavy atom. The molecule has 0 amide bonds. The molecule has 0 N–H and O–H groups in total. The van der Waals surface area contributed by atoms with Crippen LogP contribution in [0.2, 0.25) is 0 Å². The number of halogens is 8. The standard InChI is InChI=1S/C50H32F8/c51-44-26-24-38(28-42(44)49(53,54)55)31-16-20-34(21-17-31)41-30-40(33-10-4-1-5-11-33)47(48(36-14-8-3-9-15-36)46(41)35-12-6-2-7-13-35)37-22-18-32(19-23-37)39-25-27-45(52)43(29-39)50(56,57)58/h1-18,20-22,24-30H,19,23H2. The number of hydrogen-bond donors (Lipinski definition) is 0. The molecule has 0 saturated heterocycles. The van der Waals surface area contributed by atoms with Crippen molar-refractivity contribution in [2.24, 2.45) is 0 Å². The maximum absolute atomic E-state index is 14.2. The van der Waals surface area contributed by atoms with Crippen molar-refractivity contribution in [3.8, 4) is 55.6 Å². The number of allylic oxidation sites excluding steroid dienone is 4. The fourth-order valence-corrected chi connectivity index (χ4v) is 7.68. The number of hydrogen-bond acceptors (Lipinski definition) is 0. The molecular formula is C50H32F8. The van der Waals surface area contributed by atoms with E-state index in [0.29, 0.717) is 29.5 Å². The van der Waals surface area contributed by atoms with Crippen LogP contribution in [0.25, 0.3) is 66.8 Å². The zero-order valence-corrected chi connectivity index (χ0v) is 30.6. The van der Waals surface area contributed by atoms with E-state index in [-0.39, 0.29) is 5.56 Å². The van der Waals surface area contributed by atoms with Gasteiger partial charge in [-0.25, -0.2) is 8.78 Å². The van der Waals surface area contributed by atoms with Gasteiger partial charge in [-0.2, -0.15) is 26.3 Å². The molecule has 8 heteroatoms. The Balaban J connectivity index is 1.37. The first kappa shape index (κ1) is 38.3. The van der Waals surface area contributed by atoms with Gasteiger partial charge >= 0.3 is 12.4 Å². The molecule has 288 valence electrons. The fourth-order valence-electron chi connectivity index (χ4n) is 7.68. The third kappa shape index (κ3) is 7.62. The Bertz CT molecular complexity index is 2670. The molecule has 7 aromatic carbocycles. The van der Waals surface area contributed by atoms with Crippen molar-refractivity contribution in [2.45, 2.75) is 25.2 Å².